The summed E-state index contributed by atoms with van der Waals surface area (Å²) in [7, 11) is -3.79. The molecule has 0 bridgehead atoms. The van der Waals surface area contributed by atoms with Crippen molar-refractivity contribution in [3.63, 3.8) is 0 Å². The van der Waals surface area contributed by atoms with Gasteiger partial charge in [0.05, 0.1) is 17.0 Å². The Kier molecular flexibility index (Phi) is 13.2. The highest BCUT2D eigenvalue weighted by Gasteiger charge is 2.24. The van der Waals surface area contributed by atoms with E-state index in [0.29, 0.717) is 37.2 Å². The first-order chi connectivity index (χ1) is 21.3. The van der Waals surface area contributed by atoms with E-state index in [2.05, 4.69) is 10.6 Å². The molecule has 5 N–H and O–H groups in total. The summed E-state index contributed by atoms with van der Waals surface area (Å²) in [5, 5.41) is 22.2. The van der Waals surface area contributed by atoms with Gasteiger partial charge in [-0.3, -0.25) is 9.59 Å². The summed E-state index contributed by atoms with van der Waals surface area (Å²) in [6.07, 6.45) is 0.891. The Bertz CT molecular complexity index is 1540. The van der Waals surface area contributed by atoms with Gasteiger partial charge < -0.3 is 20.6 Å². The van der Waals surface area contributed by atoms with E-state index in [1.54, 1.807) is 36.1 Å². The highest BCUT2D eigenvalue weighted by atomic mass is 32.2. The summed E-state index contributed by atoms with van der Waals surface area (Å²) in [6, 6.07) is 13.1. The average molecular weight is 645 g/mol. The Balaban J connectivity index is 1.75. The Morgan fingerprint density at radius 1 is 0.911 bits per heavy atom. The number of nitrogens with two attached hydrogens (primary N) is 1. The number of aryl methyl sites for hydroxylation is 1. The van der Waals surface area contributed by atoms with Gasteiger partial charge in [0, 0.05) is 36.8 Å². The molecule has 12 heteroatoms. The first kappa shape index (κ1) is 35.8. The van der Waals surface area contributed by atoms with Crippen molar-refractivity contribution in [1.29, 1.82) is 0 Å². The zero-order valence-corrected chi connectivity index (χ0v) is 26.7. The molecule has 0 saturated heterocycles. The second-order valence-electron chi connectivity index (χ2n) is 11.2. The van der Waals surface area contributed by atoms with Crippen LogP contribution in [0.15, 0.2) is 65.6 Å². The summed E-state index contributed by atoms with van der Waals surface area (Å²) >= 11 is 0. The van der Waals surface area contributed by atoms with Crippen LogP contribution in [0.25, 0.3) is 0 Å². The zero-order chi connectivity index (χ0) is 33.1. The van der Waals surface area contributed by atoms with E-state index in [1.807, 2.05) is 13.8 Å². The van der Waals surface area contributed by atoms with Crippen molar-refractivity contribution < 1.29 is 31.9 Å². The largest absolute Gasteiger partial charge is 0.390 e. The van der Waals surface area contributed by atoms with Crippen LogP contribution in [0.4, 0.5) is 8.78 Å². The second-order valence-corrected chi connectivity index (χ2v) is 12.7. The van der Waals surface area contributed by atoms with Crippen LogP contribution in [0, 0.1) is 18.6 Å². The maximum Gasteiger partial charge on any atom is 0.253 e. The number of carbonyl (C=O) groups is 2. The van der Waals surface area contributed by atoms with Gasteiger partial charge in [-0.05, 0) is 98.3 Å². The lowest BCUT2D eigenvalue weighted by Gasteiger charge is -2.25. The number of nitrogens with one attached hydrogen (secondary N) is 2. The van der Waals surface area contributed by atoms with Crippen molar-refractivity contribution in [1.82, 2.24) is 15.5 Å². The third-order valence-corrected chi connectivity index (χ3v) is 8.14. The van der Waals surface area contributed by atoms with E-state index in [4.69, 9.17) is 5.14 Å². The van der Waals surface area contributed by atoms with Gasteiger partial charge in [-0.25, -0.2) is 22.3 Å². The maximum atomic E-state index is 14.0. The van der Waals surface area contributed by atoms with Crippen molar-refractivity contribution in [2.24, 2.45) is 5.14 Å². The van der Waals surface area contributed by atoms with Gasteiger partial charge in [-0.15, -0.1) is 0 Å². The molecule has 244 valence electrons. The minimum Gasteiger partial charge on any atom is -0.390 e. The number of hydrogen-bond acceptors (Lipinski definition) is 6. The molecule has 0 aliphatic heterocycles. The number of sulfonamides is 1. The fourth-order valence-electron chi connectivity index (χ4n) is 5.06. The molecule has 0 radical (unpaired) electrons. The van der Waals surface area contributed by atoms with E-state index >= 15 is 0 Å². The molecule has 0 heterocycles. The van der Waals surface area contributed by atoms with Gasteiger partial charge in [0.1, 0.15) is 11.6 Å². The van der Waals surface area contributed by atoms with Crippen molar-refractivity contribution in [3.8, 4) is 0 Å². The van der Waals surface area contributed by atoms with Crippen LogP contribution in [0.2, 0.25) is 0 Å². The first-order valence-corrected chi connectivity index (χ1v) is 16.5. The molecule has 45 heavy (non-hydrogen) atoms. The zero-order valence-electron chi connectivity index (χ0n) is 25.9. The monoisotopic (exact) mass is 644 g/mol. The minimum atomic E-state index is -3.79. The molecular weight excluding hydrogens is 602 g/mol. The number of aliphatic hydroxyl groups excluding tert-OH is 1. The summed E-state index contributed by atoms with van der Waals surface area (Å²) in [6.45, 7) is 7.40. The highest BCUT2D eigenvalue weighted by Crippen LogP contribution is 2.16. The normalized spacial score (nSPS) is 12.9. The van der Waals surface area contributed by atoms with Crippen molar-refractivity contribution in [2.75, 3.05) is 26.2 Å². The summed E-state index contributed by atoms with van der Waals surface area (Å²) in [5.74, 6) is -2.27. The number of rotatable bonds is 16. The Morgan fingerprint density at radius 3 is 2.09 bits per heavy atom. The highest BCUT2D eigenvalue weighted by molar-refractivity contribution is 7.89. The molecule has 2 atom stereocenters. The van der Waals surface area contributed by atoms with Crippen LogP contribution in [0.5, 0.6) is 0 Å². The average Bonchev–Trinajstić information content (AvgIpc) is 2.97. The molecule has 9 nitrogen and oxygen atoms in total. The lowest BCUT2D eigenvalue weighted by Crippen LogP contribution is -2.49. The Morgan fingerprint density at radius 2 is 1.51 bits per heavy atom. The van der Waals surface area contributed by atoms with Crippen molar-refractivity contribution in [3.05, 3.63) is 100 Å². The van der Waals surface area contributed by atoms with Crippen LogP contribution in [0.1, 0.15) is 64.1 Å². The molecular formula is C33H42F2N4O5S. The van der Waals surface area contributed by atoms with Crippen molar-refractivity contribution >= 4 is 21.8 Å². The number of halogens is 2. The number of amides is 2. The molecule has 3 aromatic rings. The predicted octanol–water partition coefficient (Wildman–Crippen LogP) is 3.72. The third kappa shape index (κ3) is 11.0. The molecule has 0 fully saturated rings. The van der Waals surface area contributed by atoms with Crippen LogP contribution < -0.4 is 15.8 Å². The molecule has 0 aliphatic rings. The van der Waals surface area contributed by atoms with Gasteiger partial charge in [-0.2, -0.15) is 0 Å². The smallest absolute Gasteiger partial charge is 0.253 e. The summed E-state index contributed by atoms with van der Waals surface area (Å²) < 4.78 is 50.9. The third-order valence-electron chi connectivity index (χ3n) is 7.22. The van der Waals surface area contributed by atoms with Crippen LogP contribution >= 0.6 is 0 Å². The fraction of sp³-hybridized carbons (Fsp3) is 0.394. The Labute approximate surface area is 263 Å². The number of hydrogen-bond donors (Lipinski definition) is 4. The molecule has 3 rings (SSSR count). The number of primary sulfonamides is 1. The predicted molar refractivity (Wildman–Crippen MR) is 169 cm³/mol. The number of nitrogens with zero attached hydrogens (tertiary/aromatic N) is 1. The standard InChI is InChI=1S/C33H42F2N4O5S/c1-4-12-39(13-5-2)33(42)26-15-22(3)14-25(19-26)32(41)38-30(18-24-16-27(34)20-28(35)17-24)31(40)21-37-11-10-23-6-8-29(9-7-23)45(36,43)44/h6-9,14-17,19-20,30-31,37,40H,4-5,10-13,18,21H2,1-3H3,(H,38,41)(H2,36,43,44)/t30-,31+/m0/s1. The number of carbonyl (C=O) groups excluding carboxylic acids is 2. The maximum absolute atomic E-state index is 14.0. The van der Waals surface area contributed by atoms with Crippen LogP contribution in [-0.2, 0) is 22.9 Å². The summed E-state index contributed by atoms with van der Waals surface area (Å²) in [5.41, 5.74) is 2.41. The quantitative estimate of drug-likeness (QED) is 0.175. The first-order valence-electron chi connectivity index (χ1n) is 15.0. The van der Waals surface area contributed by atoms with Crippen LogP contribution in [0.3, 0.4) is 0 Å². The molecule has 0 saturated carbocycles. The van der Waals surface area contributed by atoms with Crippen molar-refractivity contribution in [2.45, 2.75) is 63.5 Å². The van der Waals surface area contributed by atoms with Gasteiger partial charge in [0.25, 0.3) is 11.8 Å². The topological polar surface area (TPSA) is 142 Å². The van der Waals surface area contributed by atoms with Gasteiger partial charge in [0.15, 0.2) is 0 Å². The summed E-state index contributed by atoms with van der Waals surface area (Å²) in [4.78, 5) is 28.5. The van der Waals surface area contributed by atoms with E-state index in [0.717, 1.165) is 36.6 Å². The minimum absolute atomic E-state index is 0.00587. The van der Waals surface area contributed by atoms with E-state index in [1.165, 1.54) is 18.2 Å². The molecule has 0 unspecified atom stereocenters. The number of benzene rings is 3. The second kappa shape index (κ2) is 16.6. The van der Waals surface area contributed by atoms with E-state index < -0.39 is 39.7 Å². The molecule has 0 spiro atoms. The van der Waals surface area contributed by atoms with Gasteiger partial charge in [0.2, 0.25) is 10.0 Å². The SMILES string of the molecule is CCCN(CCC)C(=O)c1cc(C)cc(C(=O)N[C@@H](Cc2cc(F)cc(F)c2)[C@H](O)CNCCc2ccc(S(N)(=O)=O)cc2)c1. The van der Waals surface area contributed by atoms with Crippen LogP contribution in [-0.4, -0.2) is 68.6 Å². The van der Waals surface area contributed by atoms with E-state index in [-0.39, 0.29) is 34.9 Å². The lowest BCUT2D eigenvalue weighted by atomic mass is 9.99. The molecule has 3 aromatic carbocycles. The molecule has 2 amide bonds. The molecule has 0 aliphatic carbocycles. The fourth-order valence-corrected chi connectivity index (χ4v) is 5.58. The lowest BCUT2D eigenvalue weighted by molar-refractivity contribution is 0.0755. The Hall–Kier alpha value is -3.71. The number of aliphatic hydroxyl groups is 1. The van der Waals surface area contributed by atoms with E-state index in [9.17, 15) is 31.9 Å². The van der Waals surface area contributed by atoms with Gasteiger partial charge in [-0.1, -0.05) is 26.0 Å². The molecule has 0 aromatic heterocycles. The van der Waals surface area contributed by atoms with Gasteiger partial charge >= 0.3 is 0 Å².